The second-order valence-corrected chi connectivity index (χ2v) is 9.88. The zero-order chi connectivity index (χ0) is 21.0. The average Bonchev–Trinajstić information content (AvgIpc) is 2.74. The number of para-hydroxylation sites is 1. The van der Waals surface area contributed by atoms with Gasteiger partial charge in [0.15, 0.2) is 0 Å². The first kappa shape index (κ1) is 22.0. The van der Waals surface area contributed by atoms with E-state index in [1.54, 1.807) is 17.8 Å². The molecule has 1 atom stereocenters. The Labute approximate surface area is 180 Å². The highest BCUT2D eigenvalue weighted by Gasteiger charge is 2.35. The Morgan fingerprint density at radius 3 is 2.76 bits per heavy atom. The summed E-state index contributed by atoms with van der Waals surface area (Å²) >= 11 is 7.56. The molecule has 2 aromatic carbocycles. The van der Waals surface area contributed by atoms with Crippen LogP contribution in [0.2, 0.25) is 5.02 Å². The minimum atomic E-state index is -3.84. The highest BCUT2D eigenvalue weighted by molar-refractivity contribution is 7.98. The van der Waals surface area contributed by atoms with Crippen molar-refractivity contribution in [3.05, 3.63) is 47.5 Å². The van der Waals surface area contributed by atoms with Gasteiger partial charge in [-0.3, -0.25) is 4.79 Å². The van der Waals surface area contributed by atoms with Crippen LogP contribution in [-0.2, 0) is 14.8 Å². The molecular formula is C20H23ClN2O4S2. The summed E-state index contributed by atoms with van der Waals surface area (Å²) in [4.78, 5) is 13.8. The lowest BCUT2D eigenvalue weighted by atomic mass is 9.99. The number of hydrogen-bond donors (Lipinski definition) is 1. The van der Waals surface area contributed by atoms with Gasteiger partial charge in [-0.1, -0.05) is 23.7 Å². The Morgan fingerprint density at radius 2 is 2.03 bits per heavy atom. The molecule has 2 aromatic rings. The molecule has 0 aliphatic carbocycles. The number of piperidine rings is 1. The molecule has 29 heavy (non-hydrogen) atoms. The molecule has 1 heterocycles. The monoisotopic (exact) mass is 454 g/mol. The molecule has 0 radical (unpaired) electrons. The Bertz CT molecular complexity index is 998. The van der Waals surface area contributed by atoms with Gasteiger partial charge < -0.3 is 10.1 Å². The first-order chi connectivity index (χ1) is 13.9. The first-order valence-corrected chi connectivity index (χ1v) is 12.2. The Balaban J connectivity index is 1.80. The summed E-state index contributed by atoms with van der Waals surface area (Å²) in [5.41, 5.74) is 0.737. The molecular weight excluding hydrogens is 432 g/mol. The maximum absolute atomic E-state index is 13.2. The molecule has 6 nitrogen and oxygen atoms in total. The van der Waals surface area contributed by atoms with Crippen molar-refractivity contribution in [1.82, 2.24) is 4.31 Å². The van der Waals surface area contributed by atoms with E-state index in [0.29, 0.717) is 24.4 Å². The molecule has 1 N–H and O–H groups in total. The molecule has 1 aliphatic rings. The van der Waals surface area contributed by atoms with Crippen LogP contribution in [0.5, 0.6) is 5.75 Å². The Morgan fingerprint density at radius 1 is 1.28 bits per heavy atom. The standard InChI is InChI=1S/C20H23ClN2O4S2/c1-27-17-10-9-15(21)12-19(17)29(25,26)23-11-5-6-14(13-23)20(24)22-16-7-3-4-8-18(16)28-2/h3-4,7-10,12,14H,5-6,11,13H2,1-2H3,(H,22,24)/t14-/m1/s1. The van der Waals surface area contributed by atoms with Crippen LogP contribution in [-0.4, -0.2) is 45.1 Å². The average molecular weight is 455 g/mol. The van der Waals surface area contributed by atoms with Crippen LogP contribution in [0.3, 0.4) is 0 Å². The van der Waals surface area contributed by atoms with Crippen LogP contribution in [0.25, 0.3) is 0 Å². The zero-order valence-electron chi connectivity index (χ0n) is 16.2. The molecule has 9 heteroatoms. The number of carbonyl (C=O) groups is 1. The topological polar surface area (TPSA) is 75.7 Å². The van der Waals surface area contributed by atoms with Gasteiger partial charge in [0.25, 0.3) is 0 Å². The lowest BCUT2D eigenvalue weighted by Gasteiger charge is -2.31. The van der Waals surface area contributed by atoms with Crippen molar-refractivity contribution in [2.75, 3.05) is 31.8 Å². The number of sulfonamides is 1. The van der Waals surface area contributed by atoms with Crippen LogP contribution in [0.4, 0.5) is 5.69 Å². The Kier molecular flexibility index (Phi) is 7.10. The molecule has 1 amide bonds. The van der Waals surface area contributed by atoms with Crippen molar-refractivity contribution in [3.63, 3.8) is 0 Å². The third kappa shape index (κ3) is 4.88. The summed E-state index contributed by atoms with van der Waals surface area (Å²) in [5, 5.41) is 3.26. The lowest BCUT2D eigenvalue weighted by molar-refractivity contribution is -0.120. The van der Waals surface area contributed by atoms with E-state index in [1.165, 1.54) is 23.5 Å². The van der Waals surface area contributed by atoms with Crippen molar-refractivity contribution in [1.29, 1.82) is 0 Å². The number of carbonyl (C=O) groups excluding carboxylic acids is 1. The van der Waals surface area contributed by atoms with Gasteiger partial charge in [-0.05, 0) is 49.4 Å². The van der Waals surface area contributed by atoms with E-state index in [4.69, 9.17) is 16.3 Å². The maximum Gasteiger partial charge on any atom is 0.246 e. The summed E-state index contributed by atoms with van der Waals surface area (Å²) in [5.74, 6) is -0.377. The van der Waals surface area contributed by atoms with E-state index < -0.39 is 15.9 Å². The van der Waals surface area contributed by atoms with Crippen LogP contribution >= 0.6 is 23.4 Å². The maximum atomic E-state index is 13.2. The van der Waals surface area contributed by atoms with E-state index in [9.17, 15) is 13.2 Å². The van der Waals surface area contributed by atoms with Gasteiger partial charge in [-0.15, -0.1) is 11.8 Å². The number of methoxy groups -OCH3 is 1. The summed E-state index contributed by atoms with van der Waals surface area (Å²) in [6, 6.07) is 12.0. The number of nitrogens with zero attached hydrogens (tertiary/aromatic N) is 1. The van der Waals surface area contributed by atoms with Crippen molar-refractivity contribution in [3.8, 4) is 5.75 Å². The largest absolute Gasteiger partial charge is 0.495 e. The number of halogens is 1. The fourth-order valence-electron chi connectivity index (χ4n) is 3.35. The number of thioether (sulfide) groups is 1. The minimum Gasteiger partial charge on any atom is -0.495 e. The van der Waals surface area contributed by atoms with Gasteiger partial charge in [-0.2, -0.15) is 4.31 Å². The predicted molar refractivity (Wildman–Crippen MR) is 116 cm³/mol. The van der Waals surface area contributed by atoms with Crippen LogP contribution in [0, 0.1) is 5.92 Å². The van der Waals surface area contributed by atoms with E-state index in [0.717, 1.165) is 10.6 Å². The normalized spacial score (nSPS) is 17.7. The fourth-order valence-corrected chi connectivity index (χ4v) is 5.84. The molecule has 0 spiro atoms. The third-order valence-corrected chi connectivity index (χ3v) is 7.78. The smallest absolute Gasteiger partial charge is 0.246 e. The number of benzene rings is 2. The van der Waals surface area contributed by atoms with Crippen molar-refractivity contribution >= 4 is 45.0 Å². The highest BCUT2D eigenvalue weighted by Crippen LogP contribution is 2.32. The zero-order valence-corrected chi connectivity index (χ0v) is 18.6. The fraction of sp³-hybridized carbons (Fsp3) is 0.350. The van der Waals surface area contributed by atoms with Crippen LogP contribution in [0.1, 0.15) is 12.8 Å². The highest BCUT2D eigenvalue weighted by atomic mass is 35.5. The van der Waals surface area contributed by atoms with Gasteiger partial charge in [0.1, 0.15) is 10.6 Å². The molecule has 1 fully saturated rings. The van der Waals surface area contributed by atoms with E-state index in [1.807, 2.05) is 30.5 Å². The SMILES string of the molecule is COc1ccc(Cl)cc1S(=O)(=O)N1CCC[C@@H](C(=O)Nc2ccccc2SC)C1. The van der Waals surface area contributed by atoms with E-state index in [-0.39, 0.29) is 23.1 Å². The van der Waals surface area contributed by atoms with Crippen molar-refractivity contribution in [2.24, 2.45) is 5.92 Å². The molecule has 0 unspecified atom stereocenters. The van der Waals surface area contributed by atoms with E-state index >= 15 is 0 Å². The minimum absolute atomic E-state index is 0.0151. The van der Waals surface area contributed by atoms with Gasteiger partial charge >= 0.3 is 0 Å². The van der Waals surface area contributed by atoms with Gasteiger partial charge in [0, 0.05) is 23.0 Å². The van der Waals surface area contributed by atoms with Crippen LogP contribution < -0.4 is 10.1 Å². The molecule has 1 aliphatic heterocycles. The summed E-state index contributed by atoms with van der Waals surface area (Å²) in [6.07, 6.45) is 3.18. The third-order valence-electron chi connectivity index (χ3n) is 4.86. The van der Waals surface area contributed by atoms with Gasteiger partial charge in [0.05, 0.1) is 18.7 Å². The molecule has 3 rings (SSSR count). The molecule has 156 valence electrons. The van der Waals surface area contributed by atoms with Crippen molar-refractivity contribution < 1.29 is 17.9 Å². The number of ether oxygens (including phenoxy) is 1. The molecule has 0 bridgehead atoms. The number of hydrogen-bond acceptors (Lipinski definition) is 5. The summed E-state index contributed by atoms with van der Waals surface area (Å²) in [7, 11) is -2.43. The second-order valence-electron chi connectivity index (χ2n) is 6.69. The van der Waals surface area contributed by atoms with Crippen LogP contribution in [0.15, 0.2) is 52.3 Å². The molecule has 0 saturated carbocycles. The molecule has 1 saturated heterocycles. The molecule has 0 aromatic heterocycles. The number of rotatable bonds is 6. The summed E-state index contributed by atoms with van der Waals surface area (Å²) in [6.45, 7) is 0.467. The first-order valence-electron chi connectivity index (χ1n) is 9.14. The number of amides is 1. The second kappa shape index (κ2) is 9.38. The lowest BCUT2D eigenvalue weighted by Crippen LogP contribution is -2.43. The summed E-state index contributed by atoms with van der Waals surface area (Å²) < 4.78 is 32.9. The van der Waals surface area contributed by atoms with Gasteiger partial charge in [0.2, 0.25) is 15.9 Å². The van der Waals surface area contributed by atoms with E-state index in [2.05, 4.69) is 5.32 Å². The Hall–Kier alpha value is -1.74. The predicted octanol–water partition coefficient (Wildman–Crippen LogP) is 4.11. The van der Waals surface area contributed by atoms with Gasteiger partial charge in [-0.25, -0.2) is 8.42 Å². The number of nitrogens with one attached hydrogen (secondary N) is 1. The quantitative estimate of drug-likeness (QED) is 0.665. The number of anilines is 1. The van der Waals surface area contributed by atoms with Crippen molar-refractivity contribution in [2.45, 2.75) is 22.6 Å².